The normalized spacial score (nSPS) is 15.1. The quantitative estimate of drug-likeness (QED) is 0.746. The monoisotopic (exact) mass is 194 g/mol. The van der Waals surface area contributed by atoms with Crippen LogP contribution in [0.2, 0.25) is 0 Å². The molecule has 0 amide bonds. The van der Waals surface area contributed by atoms with Gasteiger partial charge in [-0.25, -0.2) is 0 Å². The molecule has 0 aliphatic rings. The highest BCUT2D eigenvalue weighted by Crippen LogP contribution is 2.09. The van der Waals surface area contributed by atoms with Crippen molar-refractivity contribution in [2.75, 3.05) is 6.61 Å². The Bertz CT molecular complexity index is 247. The van der Waals surface area contributed by atoms with E-state index in [9.17, 15) is 0 Å². The van der Waals surface area contributed by atoms with Crippen LogP contribution in [-0.4, -0.2) is 22.7 Å². The van der Waals surface area contributed by atoms with Gasteiger partial charge in [-0.3, -0.25) is 4.98 Å². The van der Waals surface area contributed by atoms with Gasteiger partial charge in [-0.15, -0.1) is 0 Å². The second kappa shape index (κ2) is 5.73. The average Bonchev–Trinajstić information content (AvgIpc) is 2.26. The first-order valence-electron chi connectivity index (χ1n) is 5.05. The molecule has 0 saturated carbocycles. The van der Waals surface area contributed by atoms with E-state index in [0.29, 0.717) is 0 Å². The van der Waals surface area contributed by atoms with Crippen LogP contribution in [0.3, 0.4) is 0 Å². The van der Waals surface area contributed by atoms with Crippen molar-refractivity contribution in [1.82, 2.24) is 10.3 Å². The second-order valence-corrected chi connectivity index (χ2v) is 3.43. The fourth-order valence-electron chi connectivity index (χ4n) is 1.37. The largest absolute Gasteiger partial charge is 0.395 e. The van der Waals surface area contributed by atoms with Gasteiger partial charge in [0.2, 0.25) is 0 Å². The van der Waals surface area contributed by atoms with E-state index in [1.54, 1.807) is 6.20 Å². The number of hydrogen-bond acceptors (Lipinski definition) is 3. The first kappa shape index (κ1) is 11.1. The fourth-order valence-corrected chi connectivity index (χ4v) is 1.37. The van der Waals surface area contributed by atoms with Gasteiger partial charge in [0, 0.05) is 18.3 Å². The summed E-state index contributed by atoms with van der Waals surface area (Å²) in [7, 11) is 0. The summed E-state index contributed by atoms with van der Waals surface area (Å²) >= 11 is 0. The molecular formula is C11H18N2O. The Hall–Kier alpha value is -0.930. The number of aliphatic hydroxyl groups excluding tert-OH is 1. The molecule has 0 spiro atoms. The highest BCUT2D eigenvalue weighted by molar-refractivity contribution is 5.07. The topological polar surface area (TPSA) is 45.1 Å². The SMILES string of the molecule is CCC(CO)NC(C)c1ccccn1. The predicted octanol–water partition coefficient (Wildman–Crippen LogP) is 1.50. The van der Waals surface area contributed by atoms with Gasteiger partial charge in [-0.2, -0.15) is 0 Å². The number of hydrogen-bond donors (Lipinski definition) is 2. The molecule has 0 aromatic carbocycles. The molecule has 0 fully saturated rings. The number of rotatable bonds is 5. The van der Waals surface area contributed by atoms with E-state index < -0.39 is 0 Å². The van der Waals surface area contributed by atoms with Crippen LogP contribution in [0.1, 0.15) is 32.0 Å². The summed E-state index contributed by atoms with van der Waals surface area (Å²) in [5, 5.41) is 12.4. The Labute approximate surface area is 85.2 Å². The van der Waals surface area contributed by atoms with Crippen LogP contribution < -0.4 is 5.32 Å². The third-order valence-corrected chi connectivity index (χ3v) is 2.33. The molecule has 1 aromatic heterocycles. The van der Waals surface area contributed by atoms with Crippen LogP contribution in [-0.2, 0) is 0 Å². The van der Waals surface area contributed by atoms with Crippen molar-refractivity contribution in [3.05, 3.63) is 30.1 Å². The minimum atomic E-state index is 0.159. The standard InChI is InChI=1S/C11H18N2O/c1-3-10(8-14)13-9(2)11-6-4-5-7-12-11/h4-7,9-10,13-14H,3,8H2,1-2H3. The van der Waals surface area contributed by atoms with Crippen molar-refractivity contribution in [3.8, 4) is 0 Å². The van der Waals surface area contributed by atoms with Gasteiger partial charge in [-0.05, 0) is 25.5 Å². The van der Waals surface area contributed by atoms with E-state index in [1.807, 2.05) is 18.2 Å². The summed E-state index contributed by atoms with van der Waals surface area (Å²) in [6.07, 6.45) is 2.71. The van der Waals surface area contributed by atoms with Crippen molar-refractivity contribution in [2.45, 2.75) is 32.4 Å². The van der Waals surface area contributed by atoms with Crippen molar-refractivity contribution in [2.24, 2.45) is 0 Å². The molecule has 0 aliphatic carbocycles. The van der Waals surface area contributed by atoms with Gasteiger partial charge < -0.3 is 10.4 Å². The van der Waals surface area contributed by atoms with Gasteiger partial charge in [-0.1, -0.05) is 13.0 Å². The van der Waals surface area contributed by atoms with E-state index in [4.69, 9.17) is 5.11 Å². The summed E-state index contributed by atoms with van der Waals surface area (Å²) in [6.45, 7) is 4.29. The Balaban J connectivity index is 2.54. The number of aliphatic hydroxyl groups is 1. The minimum absolute atomic E-state index is 0.159. The molecule has 2 N–H and O–H groups in total. The Morgan fingerprint density at radius 2 is 2.29 bits per heavy atom. The van der Waals surface area contributed by atoms with E-state index in [1.165, 1.54) is 0 Å². The zero-order chi connectivity index (χ0) is 10.4. The molecule has 2 atom stereocenters. The van der Waals surface area contributed by atoms with Crippen LogP contribution in [0, 0.1) is 0 Å². The molecule has 3 heteroatoms. The number of pyridine rings is 1. The second-order valence-electron chi connectivity index (χ2n) is 3.43. The first-order valence-corrected chi connectivity index (χ1v) is 5.05. The molecule has 1 heterocycles. The molecule has 0 radical (unpaired) electrons. The Morgan fingerprint density at radius 3 is 2.79 bits per heavy atom. The van der Waals surface area contributed by atoms with Gasteiger partial charge in [0.05, 0.1) is 12.3 Å². The number of nitrogens with zero attached hydrogens (tertiary/aromatic N) is 1. The summed E-state index contributed by atoms with van der Waals surface area (Å²) in [6, 6.07) is 6.21. The molecule has 78 valence electrons. The third-order valence-electron chi connectivity index (χ3n) is 2.33. The maximum atomic E-state index is 9.04. The lowest BCUT2D eigenvalue weighted by molar-refractivity contribution is 0.229. The zero-order valence-corrected chi connectivity index (χ0v) is 8.77. The van der Waals surface area contributed by atoms with Crippen molar-refractivity contribution in [3.63, 3.8) is 0 Å². The summed E-state index contributed by atoms with van der Waals surface area (Å²) < 4.78 is 0. The third kappa shape index (κ3) is 3.09. The van der Waals surface area contributed by atoms with Crippen molar-refractivity contribution < 1.29 is 5.11 Å². The van der Waals surface area contributed by atoms with Gasteiger partial charge in [0.25, 0.3) is 0 Å². The first-order chi connectivity index (χ1) is 6.77. The summed E-state index contributed by atoms with van der Waals surface area (Å²) in [5.74, 6) is 0. The van der Waals surface area contributed by atoms with Crippen LogP contribution >= 0.6 is 0 Å². The summed E-state index contributed by atoms with van der Waals surface area (Å²) in [4.78, 5) is 4.26. The maximum Gasteiger partial charge on any atom is 0.0584 e. The van der Waals surface area contributed by atoms with Gasteiger partial charge >= 0.3 is 0 Å². The number of aromatic nitrogens is 1. The smallest absolute Gasteiger partial charge is 0.0584 e. The van der Waals surface area contributed by atoms with Gasteiger partial charge in [0.1, 0.15) is 0 Å². The van der Waals surface area contributed by atoms with Crippen LogP contribution in [0.15, 0.2) is 24.4 Å². The molecule has 1 aromatic rings. The van der Waals surface area contributed by atoms with Crippen molar-refractivity contribution >= 4 is 0 Å². The molecule has 0 bridgehead atoms. The highest BCUT2D eigenvalue weighted by Gasteiger charge is 2.10. The lowest BCUT2D eigenvalue weighted by atomic mass is 10.1. The average molecular weight is 194 g/mol. The molecule has 0 aliphatic heterocycles. The molecular weight excluding hydrogens is 176 g/mol. The predicted molar refractivity (Wildman–Crippen MR) is 57.0 cm³/mol. The van der Waals surface area contributed by atoms with Crippen LogP contribution in [0.5, 0.6) is 0 Å². The maximum absolute atomic E-state index is 9.04. The highest BCUT2D eigenvalue weighted by atomic mass is 16.3. The van der Waals surface area contributed by atoms with Crippen LogP contribution in [0.25, 0.3) is 0 Å². The fraction of sp³-hybridized carbons (Fsp3) is 0.545. The zero-order valence-electron chi connectivity index (χ0n) is 8.77. The van der Waals surface area contributed by atoms with E-state index in [0.717, 1.165) is 12.1 Å². The molecule has 0 saturated heterocycles. The Kier molecular flexibility index (Phi) is 4.56. The minimum Gasteiger partial charge on any atom is -0.395 e. The van der Waals surface area contributed by atoms with E-state index in [-0.39, 0.29) is 18.7 Å². The van der Waals surface area contributed by atoms with E-state index in [2.05, 4.69) is 24.1 Å². The van der Waals surface area contributed by atoms with E-state index >= 15 is 0 Å². The molecule has 3 nitrogen and oxygen atoms in total. The lowest BCUT2D eigenvalue weighted by Gasteiger charge is -2.19. The van der Waals surface area contributed by atoms with Gasteiger partial charge in [0.15, 0.2) is 0 Å². The number of nitrogens with one attached hydrogen (secondary N) is 1. The summed E-state index contributed by atoms with van der Waals surface area (Å²) in [5.41, 5.74) is 1.01. The lowest BCUT2D eigenvalue weighted by Crippen LogP contribution is -2.34. The Morgan fingerprint density at radius 1 is 1.50 bits per heavy atom. The molecule has 2 unspecified atom stereocenters. The molecule has 14 heavy (non-hydrogen) atoms. The van der Waals surface area contributed by atoms with Crippen LogP contribution in [0.4, 0.5) is 0 Å². The van der Waals surface area contributed by atoms with Crippen molar-refractivity contribution in [1.29, 1.82) is 0 Å². The molecule has 1 rings (SSSR count).